The maximum absolute atomic E-state index is 2.71. The van der Waals surface area contributed by atoms with Gasteiger partial charge in [-0.1, -0.05) is 255 Å². The SMILES string of the molecule is c1ccc(-c2ccccc2N(c2ccc(-c3cccc([Si](c4ccccc4)(c4ccccc4)c4ccccc4)c3)cc2)c2c(-c3ccccc3)cccc2-c2ccccc2)cc1. The van der Waals surface area contributed by atoms with E-state index in [1.165, 1.54) is 48.6 Å². The van der Waals surface area contributed by atoms with Crippen molar-refractivity contribution in [2.24, 2.45) is 0 Å². The molecule has 0 N–H and O–H groups in total. The van der Waals surface area contributed by atoms with Gasteiger partial charge in [-0.25, -0.2) is 0 Å². The van der Waals surface area contributed by atoms with Crippen LogP contribution in [0, 0.1) is 0 Å². The lowest BCUT2D eigenvalue weighted by molar-refractivity contribution is 1.28. The van der Waals surface area contributed by atoms with Gasteiger partial charge in [0.15, 0.2) is 8.07 Å². The summed E-state index contributed by atoms with van der Waals surface area (Å²) in [5.74, 6) is 0. The first-order valence-electron chi connectivity index (χ1n) is 21.3. The molecule has 0 amide bonds. The highest BCUT2D eigenvalue weighted by molar-refractivity contribution is 7.19. The zero-order valence-corrected chi connectivity index (χ0v) is 35.4. The molecule has 0 heterocycles. The number of benzene rings is 10. The summed E-state index contributed by atoms with van der Waals surface area (Å²) in [5.41, 5.74) is 12.7. The Morgan fingerprint density at radius 3 is 1.08 bits per heavy atom. The number of nitrogens with zero attached hydrogens (tertiary/aromatic N) is 1. The highest BCUT2D eigenvalue weighted by Gasteiger charge is 2.41. The van der Waals surface area contributed by atoms with Gasteiger partial charge in [-0.3, -0.25) is 0 Å². The molecule has 62 heavy (non-hydrogen) atoms. The van der Waals surface area contributed by atoms with Gasteiger partial charge in [-0.05, 0) is 66.8 Å². The fourth-order valence-corrected chi connectivity index (χ4v) is 14.0. The van der Waals surface area contributed by atoms with Crippen molar-refractivity contribution in [1.82, 2.24) is 0 Å². The molecule has 0 aromatic heterocycles. The highest BCUT2D eigenvalue weighted by atomic mass is 28.3. The summed E-state index contributed by atoms with van der Waals surface area (Å²) in [4.78, 5) is 2.48. The second kappa shape index (κ2) is 17.4. The van der Waals surface area contributed by atoms with Crippen LogP contribution in [0.4, 0.5) is 17.1 Å². The maximum Gasteiger partial charge on any atom is 0.179 e. The van der Waals surface area contributed by atoms with Crippen LogP contribution in [0.2, 0.25) is 0 Å². The minimum atomic E-state index is -2.71. The number of rotatable bonds is 11. The molecule has 0 radical (unpaired) electrons. The topological polar surface area (TPSA) is 3.24 Å². The minimum absolute atomic E-state index is 1.08. The zero-order valence-electron chi connectivity index (χ0n) is 34.4. The lowest BCUT2D eigenvalue weighted by atomic mass is 9.93. The van der Waals surface area contributed by atoms with Gasteiger partial charge in [0.2, 0.25) is 0 Å². The highest BCUT2D eigenvalue weighted by Crippen LogP contribution is 2.49. The van der Waals surface area contributed by atoms with E-state index >= 15 is 0 Å². The van der Waals surface area contributed by atoms with Gasteiger partial charge in [0.1, 0.15) is 0 Å². The van der Waals surface area contributed by atoms with Crippen molar-refractivity contribution < 1.29 is 0 Å². The average Bonchev–Trinajstić information content (AvgIpc) is 3.37. The summed E-state index contributed by atoms with van der Waals surface area (Å²) in [5, 5.41) is 5.45. The van der Waals surface area contributed by atoms with E-state index in [1.807, 2.05) is 0 Å². The van der Waals surface area contributed by atoms with Crippen LogP contribution in [0.5, 0.6) is 0 Å². The van der Waals surface area contributed by atoms with E-state index in [9.17, 15) is 0 Å². The van der Waals surface area contributed by atoms with Crippen LogP contribution in [0.3, 0.4) is 0 Å². The van der Waals surface area contributed by atoms with Crippen LogP contribution in [0.1, 0.15) is 0 Å². The molecule has 294 valence electrons. The van der Waals surface area contributed by atoms with Crippen LogP contribution < -0.4 is 25.6 Å². The third-order valence-electron chi connectivity index (χ3n) is 12.0. The molecule has 0 atom stereocenters. The summed E-state index contributed by atoms with van der Waals surface area (Å²) < 4.78 is 0. The zero-order chi connectivity index (χ0) is 41.6. The Bertz CT molecular complexity index is 2870. The van der Waals surface area contributed by atoms with E-state index in [2.05, 4.69) is 278 Å². The van der Waals surface area contributed by atoms with Crippen LogP contribution in [-0.4, -0.2) is 8.07 Å². The van der Waals surface area contributed by atoms with Gasteiger partial charge in [-0.15, -0.1) is 0 Å². The minimum Gasteiger partial charge on any atom is -0.309 e. The number of hydrogen-bond acceptors (Lipinski definition) is 1. The molecule has 10 aromatic rings. The Hall–Kier alpha value is -7.78. The predicted octanol–water partition coefficient (Wildman–Crippen LogP) is 13.2. The second-order valence-electron chi connectivity index (χ2n) is 15.6. The normalized spacial score (nSPS) is 11.2. The molecular formula is C60H45NSi. The monoisotopic (exact) mass is 807 g/mol. The van der Waals surface area contributed by atoms with E-state index in [0.29, 0.717) is 0 Å². The fourth-order valence-electron chi connectivity index (χ4n) is 9.20. The van der Waals surface area contributed by atoms with Gasteiger partial charge in [0.05, 0.1) is 11.4 Å². The van der Waals surface area contributed by atoms with Crippen LogP contribution in [0.25, 0.3) is 44.5 Å². The quantitative estimate of drug-likeness (QED) is 0.0929. The second-order valence-corrected chi connectivity index (χ2v) is 19.4. The van der Waals surface area contributed by atoms with Crippen molar-refractivity contribution >= 4 is 45.9 Å². The van der Waals surface area contributed by atoms with Crippen molar-refractivity contribution in [1.29, 1.82) is 0 Å². The molecule has 10 aromatic carbocycles. The van der Waals surface area contributed by atoms with Crippen molar-refractivity contribution in [3.63, 3.8) is 0 Å². The summed E-state index contributed by atoms with van der Waals surface area (Å²) in [6.07, 6.45) is 0. The van der Waals surface area contributed by atoms with Gasteiger partial charge in [-0.2, -0.15) is 0 Å². The molecule has 0 saturated carbocycles. The van der Waals surface area contributed by atoms with E-state index in [0.717, 1.165) is 33.8 Å². The van der Waals surface area contributed by atoms with E-state index in [-0.39, 0.29) is 0 Å². The maximum atomic E-state index is 2.48. The fraction of sp³-hybridized carbons (Fsp3) is 0. The van der Waals surface area contributed by atoms with E-state index in [1.54, 1.807) is 0 Å². The van der Waals surface area contributed by atoms with Crippen LogP contribution in [-0.2, 0) is 0 Å². The molecule has 0 aliphatic rings. The molecule has 0 bridgehead atoms. The number of para-hydroxylation sites is 2. The van der Waals surface area contributed by atoms with Gasteiger partial charge >= 0.3 is 0 Å². The molecule has 1 nitrogen and oxygen atoms in total. The lowest BCUT2D eigenvalue weighted by Gasteiger charge is -2.34. The van der Waals surface area contributed by atoms with Crippen molar-refractivity contribution in [2.75, 3.05) is 4.90 Å². The molecule has 0 saturated heterocycles. The molecule has 0 fully saturated rings. The van der Waals surface area contributed by atoms with Gasteiger partial charge in [0.25, 0.3) is 0 Å². The molecule has 0 unspecified atom stereocenters. The Balaban J connectivity index is 1.17. The molecular weight excluding hydrogens is 763 g/mol. The first-order valence-corrected chi connectivity index (χ1v) is 23.3. The smallest absolute Gasteiger partial charge is 0.179 e. The molecule has 2 heteroatoms. The summed E-state index contributed by atoms with van der Waals surface area (Å²) >= 11 is 0. The molecule has 0 spiro atoms. The Kier molecular flexibility index (Phi) is 10.8. The van der Waals surface area contributed by atoms with Crippen molar-refractivity contribution in [3.05, 3.63) is 273 Å². The van der Waals surface area contributed by atoms with Crippen LogP contribution >= 0.6 is 0 Å². The molecule has 0 aliphatic heterocycles. The number of hydrogen-bond donors (Lipinski definition) is 0. The van der Waals surface area contributed by atoms with Gasteiger partial charge < -0.3 is 4.90 Å². The summed E-state index contributed by atoms with van der Waals surface area (Å²) in [6.45, 7) is 0. The number of anilines is 3. The van der Waals surface area contributed by atoms with E-state index in [4.69, 9.17) is 0 Å². The van der Waals surface area contributed by atoms with Gasteiger partial charge in [0, 0.05) is 22.4 Å². The predicted molar refractivity (Wildman–Crippen MR) is 266 cm³/mol. The average molecular weight is 808 g/mol. The lowest BCUT2D eigenvalue weighted by Crippen LogP contribution is -2.74. The first-order chi connectivity index (χ1) is 30.8. The van der Waals surface area contributed by atoms with Crippen molar-refractivity contribution in [2.45, 2.75) is 0 Å². The third-order valence-corrected chi connectivity index (χ3v) is 16.8. The van der Waals surface area contributed by atoms with E-state index < -0.39 is 8.07 Å². The standard InChI is InChI=1S/C60H45NSi/c1-7-23-47(24-8-1)56-37-19-20-40-59(56)61(60-57(48-25-9-2-10-26-48)38-22-39-58(60)49-27-11-3-12-28-49)51-43-41-46(42-44-51)50-29-21-36-55(45-50)62(52-30-13-4-14-31-52,53-32-15-5-16-33-53)54-34-17-6-18-35-54/h1-45H. The molecule has 10 rings (SSSR count). The largest absolute Gasteiger partial charge is 0.309 e. The Morgan fingerprint density at radius 2 is 0.597 bits per heavy atom. The van der Waals surface area contributed by atoms with Crippen LogP contribution in [0.15, 0.2) is 273 Å². The Morgan fingerprint density at radius 1 is 0.242 bits per heavy atom. The first kappa shape index (κ1) is 38.4. The third kappa shape index (κ3) is 7.27. The Labute approximate surface area is 366 Å². The molecule has 0 aliphatic carbocycles. The summed E-state index contributed by atoms with van der Waals surface area (Å²) in [7, 11) is -2.71. The van der Waals surface area contributed by atoms with Crippen molar-refractivity contribution in [3.8, 4) is 44.5 Å². The summed E-state index contributed by atoms with van der Waals surface area (Å²) in [6, 6.07) is 99.8.